The fraction of sp³-hybridized carbons (Fsp3) is 0.300. The number of nitrogens with one attached hydrogen (secondary N) is 1. The summed E-state index contributed by atoms with van der Waals surface area (Å²) in [7, 11) is 1.78. The van der Waals surface area contributed by atoms with Gasteiger partial charge in [-0.3, -0.25) is 14.6 Å². The molecule has 2 aromatic heterocycles. The Bertz CT molecular complexity index is 1460. The maximum absolute atomic E-state index is 12.8. The van der Waals surface area contributed by atoms with E-state index in [-0.39, 0.29) is 11.5 Å². The number of aromatic nitrogens is 2. The number of pyridine rings is 2. The predicted octanol–water partition coefficient (Wildman–Crippen LogP) is 3.73. The zero-order chi connectivity index (χ0) is 25.6. The molecule has 3 heterocycles. The van der Waals surface area contributed by atoms with Gasteiger partial charge in [0.1, 0.15) is 5.75 Å². The van der Waals surface area contributed by atoms with Crippen LogP contribution in [0.25, 0.3) is 10.9 Å². The van der Waals surface area contributed by atoms with Gasteiger partial charge in [0.2, 0.25) is 0 Å². The number of rotatable bonds is 10. The lowest BCUT2D eigenvalue weighted by atomic mass is 9.99. The topological polar surface area (TPSA) is 76.5 Å². The van der Waals surface area contributed by atoms with Gasteiger partial charge >= 0.3 is 0 Å². The van der Waals surface area contributed by atoms with Crippen LogP contribution in [0.1, 0.15) is 33.6 Å². The Morgan fingerprint density at radius 2 is 1.92 bits per heavy atom. The average molecular weight is 497 g/mol. The van der Waals surface area contributed by atoms with Crippen molar-refractivity contribution in [3.63, 3.8) is 0 Å². The van der Waals surface area contributed by atoms with Gasteiger partial charge in [0.25, 0.3) is 11.5 Å². The third-order valence-electron chi connectivity index (χ3n) is 6.90. The number of aryl methyl sites for hydroxylation is 1. The van der Waals surface area contributed by atoms with E-state index in [1.807, 2.05) is 65.7 Å². The minimum atomic E-state index is -0.0168. The molecule has 0 fully saturated rings. The second-order valence-corrected chi connectivity index (χ2v) is 9.43. The molecule has 0 aliphatic carbocycles. The summed E-state index contributed by atoms with van der Waals surface area (Å²) in [5.41, 5.74) is 5.04. The highest BCUT2D eigenvalue weighted by atomic mass is 16.5. The molecular weight excluding hydrogens is 464 g/mol. The first-order valence-corrected chi connectivity index (χ1v) is 12.8. The Hall–Kier alpha value is -3.97. The van der Waals surface area contributed by atoms with Crippen molar-refractivity contribution in [3.8, 4) is 5.75 Å². The van der Waals surface area contributed by atoms with Gasteiger partial charge in [0.15, 0.2) is 0 Å². The van der Waals surface area contributed by atoms with Crippen molar-refractivity contribution in [1.29, 1.82) is 0 Å². The maximum atomic E-state index is 12.8. The number of fused-ring (bicyclic) bond motifs is 2. The smallest absolute Gasteiger partial charge is 0.254 e. The number of nitrogens with zero attached hydrogens (tertiary/aromatic N) is 3. The maximum Gasteiger partial charge on any atom is 0.254 e. The van der Waals surface area contributed by atoms with Crippen LogP contribution in [0.2, 0.25) is 0 Å². The van der Waals surface area contributed by atoms with Crippen LogP contribution in [-0.2, 0) is 26.4 Å². The van der Waals surface area contributed by atoms with Crippen molar-refractivity contribution >= 4 is 16.8 Å². The first-order chi connectivity index (χ1) is 18.1. The molecule has 0 spiro atoms. The largest absolute Gasteiger partial charge is 0.494 e. The van der Waals surface area contributed by atoms with Gasteiger partial charge in [-0.05, 0) is 73.0 Å². The lowest BCUT2D eigenvalue weighted by Crippen LogP contribution is -2.38. The monoisotopic (exact) mass is 496 g/mol. The lowest BCUT2D eigenvalue weighted by molar-refractivity contribution is 0.0741. The number of carbonyl (C=O) groups excluding carboxylic acids is 1. The van der Waals surface area contributed by atoms with Crippen LogP contribution in [-0.4, -0.2) is 46.6 Å². The summed E-state index contributed by atoms with van der Waals surface area (Å²) in [6.45, 7) is 3.65. The molecular formula is C30H32N4O3. The van der Waals surface area contributed by atoms with Gasteiger partial charge in [-0.25, -0.2) is 0 Å². The standard InChI is InChI=1S/C30H32N4O3/c1-33-28-9-8-26(20-24(28)7-10-29(33)35)37-18-4-14-31-21-22-11-15-32-25(19-22)13-17-34-16-12-23-5-2-3-6-27(23)30(34)36/h2-3,5-11,15,19-20,31H,4,12-14,16-18,21H2,1H3. The summed E-state index contributed by atoms with van der Waals surface area (Å²) in [6, 6.07) is 21.2. The van der Waals surface area contributed by atoms with Crippen molar-refractivity contribution in [2.24, 2.45) is 7.05 Å². The van der Waals surface area contributed by atoms with Crippen molar-refractivity contribution in [2.75, 3.05) is 26.2 Å². The van der Waals surface area contributed by atoms with E-state index >= 15 is 0 Å². The van der Waals surface area contributed by atoms with Crippen molar-refractivity contribution in [2.45, 2.75) is 25.8 Å². The normalized spacial score (nSPS) is 13.1. The van der Waals surface area contributed by atoms with Gasteiger partial charge in [0.05, 0.1) is 12.1 Å². The number of hydrogen-bond donors (Lipinski definition) is 1. The minimum Gasteiger partial charge on any atom is -0.494 e. The van der Waals surface area contributed by atoms with Gasteiger partial charge in [-0.1, -0.05) is 18.2 Å². The van der Waals surface area contributed by atoms with Crippen molar-refractivity contribution in [1.82, 2.24) is 19.8 Å². The molecule has 5 rings (SSSR count). The summed E-state index contributed by atoms with van der Waals surface area (Å²) in [4.78, 5) is 31.0. The molecule has 0 unspecified atom stereocenters. The SMILES string of the molecule is Cn1c(=O)ccc2cc(OCCCNCc3ccnc(CCN4CCc5ccccc5C4=O)c3)ccc21. The fourth-order valence-corrected chi connectivity index (χ4v) is 4.78. The molecule has 0 atom stereocenters. The van der Waals surface area contributed by atoms with E-state index in [0.717, 1.165) is 72.4 Å². The molecule has 1 amide bonds. The Balaban J connectivity index is 1.04. The Morgan fingerprint density at radius 3 is 2.84 bits per heavy atom. The van der Waals surface area contributed by atoms with Crippen LogP contribution in [0, 0.1) is 0 Å². The third-order valence-corrected chi connectivity index (χ3v) is 6.90. The van der Waals surface area contributed by atoms with Crippen LogP contribution in [0.5, 0.6) is 5.75 Å². The van der Waals surface area contributed by atoms with E-state index in [2.05, 4.69) is 16.4 Å². The van der Waals surface area contributed by atoms with Crippen LogP contribution in [0.3, 0.4) is 0 Å². The summed E-state index contributed by atoms with van der Waals surface area (Å²) in [5, 5.41) is 4.46. The molecule has 190 valence electrons. The van der Waals surface area contributed by atoms with Gasteiger partial charge in [-0.15, -0.1) is 0 Å². The molecule has 0 saturated carbocycles. The summed E-state index contributed by atoms with van der Waals surface area (Å²) in [5.74, 6) is 0.928. The summed E-state index contributed by atoms with van der Waals surface area (Å²) >= 11 is 0. The third kappa shape index (κ3) is 5.89. The molecule has 4 aromatic rings. The molecule has 1 N–H and O–H groups in total. The molecule has 1 aliphatic rings. The molecule has 7 heteroatoms. The van der Waals surface area contributed by atoms with Crippen molar-refractivity contribution < 1.29 is 9.53 Å². The second kappa shape index (κ2) is 11.4. The summed E-state index contributed by atoms with van der Waals surface area (Å²) < 4.78 is 7.55. The quantitative estimate of drug-likeness (QED) is 0.339. The van der Waals surface area contributed by atoms with Crippen molar-refractivity contribution in [3.05, 3.63) is 106 Å². The van der Waals surface area contributed by atoms with Crippen LogP contribution in [0.4, 0.5) is 0 Å². The Kier molecular flexibility index (Phi) is 7.61. The van der Waals surface area contributed by atoms with E-state index in [1.54, 1.807) is 17.7 Å². The van der Waals surface area contributed by atoms with Crippen LogP contribution < -0.4 is 15.6 Å². The highest BCUT2D eigenvalue weighted by molar-refractivity contribution is 5.96. The lowest BCUT2D eigenvalue weighted by Gasteiger charge is -2.28. The first-order valence-electron chi connectivity index (χ1n) is 12.8. The van der Waals surface area contributed by atoms with E-state index < -0.39 is 0 Å². The summed E-state index contributed by atoms with van der Waals surface area (Å²) in [6.07, 6.45) is 4.38. The second-order valence-electron chi connectivity index (χ2n) is 9.43. The van der Waals surface area contributed by atoms with Gasteiger partial charge in [0, 0.05) is 62.0 Å². The van der Waals surface area contributed by atoms with E-state index in [0.29, 0.717) is 13.2 Å². The number of ether oxygens (including phenoxy) is 1. The molecule has 0 saturated heterocycles. The van der Waals surface area contributed by atoms with E-state index in [9.17, 15) is 9.59 Å². The zero-order valence-corrected chi connectivity index (χ0v) is 21.2. The van der Waals surface area contributed by atoms with E-state index in [4.69, 9.17) is 4.74 Å². The molecule has 37 heavy (non-hydrogen) atoms. The highest BCUT2D eigenvalue weighted by Crippen LogP contribution is 2.20. The van der Waals surface area contributed by atoms with Crippen LogP contribution >= 0.6 is 0 Å². The minimum absolute atomic E-state index is 0.0168. The number of carbonyl (C=O) groups is 1. The molecule has 1 aliphatic heterocycles. The molecule has 0 radical (unpaired) electrons. The number of benzene rings is 2. The fourth-order valence-electron chi connectivity index (χ4n) is 4.78. The number of hydrogen-bond acceptors (Lipinski definition) is 5. The molecule has 7 nitrogen and oxygen atoms in total. The Labute approximate surface area is 216 Å². The van der Waals surface area contributed by atoms with Crippen LogP contribution in [0.15, 0.2) is 77.7 Å². The van der Waals surface area contributed by atoms with E-state index in [1.165, 1.54) is 5.56 Å². The average Bonchev–Trinajstić information content (AvgIpc) is 2.93. The first kappa shape index (κ1) is 24.7. The molecule has 2 aromatic carbocycles. The Morgan fingerprint density at radius 1 is 1.03 bits per heavy atom. The molecule has 0 bridgehead atoms. The predicted molar refractivity (Wildman–Crippen MR) is 145 cm³/mol. The van der Waals surface area contributed by atoms with Gasteiger partial charge in [-0.2, -0.15) is 0 Å². The number of amides is 1. The van der Waals surface area contributed by atoms with Gasteiger partial charge < -0.3 is 19.5 Å². The zero-order valence-electron chi connectivity index (χ0n) is 21.2. The highest BCUT2D eigenvalue weighted by Gasteiger charge is 2.23.